The zero-order chi connectivity index (χ0) is 26.5. The number of nitro groups is 1. The van der Waals surface area contributed by atoms with Gasteiger partial charge in [-0.1, -0.05) is 22.0 Å². The molecule has 37 heavy (non-hydrogen) atoms. The Balaban J connectivity index is 1.48. The summed E-state index contributed by atoms with van der Waals surface area (Å²) in [5.41, 5.74) is 0.720. The largest absolute Gasteiger partial charge is 0.493 e. The first-order valence-corrected chi connectivity index (χ1v) is 12.1. The summed E-state index contributed by atoms with van der Waals surface area (Å²) >= 11 is 4.01. The zero-order valence-corrected chi connectivity index (χ0v) is 21.4. The Bertz CT molecular complexity index is 1430. The van der Waals surface area contributed by atoms with Gasteiger partial charge in [-0.3, -0.25) is 29.4 Å². The van der Waals surface area contributed by atoms with Gasteiger partial charge < -0.3 is 14.8 Å². The van der Waals surface area contributed by atoms with E-state index in [2.05, 4.69) is 26.2 Å². The summed E-state index contributed by atoms with van der Waals surface area (Å²) in [4.78, 5) is 53.1. The third kappa shape index (κ3) is 6.13. The summed E-state index contributed by atoms with van der Waals surface area (Å²) in [6, 6.07) is 14.2. The summed E-state index contributed by atoms with van der Waals surface area (Å²) in [5, 5.41) is 13.3. The van der Waals surface area contributed by atoms with Crippen LogP contribution in [0.4, 0.5) is 16.2 Å². The van der Waals surface area contributed by atoms with Gasteiger partial charge >= 0.3 is 5.69 Å². The second-order valence-corrected chi connectivity index (χ2v) is 9.33. The first kappa shape index (κ1) is 25.9. The predicted octanol–water partition coefficient (Wildman–Crippen LogP) is 5.23. The minimum atomic E-state index is -0.613. The van der Waals surface area contributed by atoms with Gasteiger partial charge in [-0.2, -0.15) is 0 Å². The van der Waals surface area contributed by atoms with Crippen LogP contribution in [0.25, 0.3) is 6.08 Å². The summed E-state index contributed by atoms with van der Waals surface area (Å²) in [6.07, 6.45) is 2.84. The average molecular weight is 585 g/mol. The molecular formula is C24H17BrN4O7S. The molecule has 2 heterocycles. The zero-order valence-electron chi connectivity index (χ0n) is 19.0. The number of nitrogens with one attached hydrogen (secondary N) is 1. The Labute approximate surface area is 222 Å². The van der Waals surface area contributed by atoms with Crippen LogP contribution in [-0.4, -0.2) is 45.5 Å². The summed E-state index contributed by atoms with van der Waals surface area (Å²) in [6.45, 7) is -0.434. The van der Waals surface area contributed by atoms with Gasteiger partial charge in [-0.05, 0) is 65.9 Å². The van der Waals surface area contributed by atoms with Crippen LogP contribution >= 0.6 is 27.7 Å². The number of methoxy groups -OCH3 is 1. The van der Waals surface area contributed by atoms with Crippen LogP contribution in [0.5, 0.6) is 17.4 Å². The first-order valence-electron chi connectivity index (χ1n) is 10.5. The topological polar surface area (TPSA) is 141 Å². The number of anilines is 1. The van der Waals surface area contributed by atoms with Gasteiger partial charge in [0.15, 0.2) is 11.5 Å². The number of hydrogen-bond acceptors (Lipinski definition) is 9. The van der Waals surface area contributed by atoms with E-state index in [0.29, 0.717) is 23.0 Å². The number of hydrogen-bond donors (Lipinski definition) is 1. The van der Waals surface area contributed by atoms with Crippen LogP contribution in [0.3, 0.4) is 0 Å². The molecular weight excluding hydrogens is 568 g/mol. The van der Waals surface area contributed by atoms with Crippen molar-refractivity contribution in [1.29, 1.82) is 0 Å². The number of rotatable bonds is 8. The number of benzene rings is 2. The van der Waals surface area contributed by atoms with E-state index in [9.17, 15) is 24.5 Å². The van der Waals surface area contributed by atoms with E-state index >= 15 is 0 Å². The monoisotopic (exact) mass is 584 g/mol. The molecule has 1 saturated heterocycles. The predicted molar refractivity (Wildman–Crippen MR) is 139 cm³/mol. The number of aromatic nitrogens is 1. The Kier molecular flexibility index (Phi) is 7.84. The Hall–Kier alpha value is -4.23. The molecule has 3 aromatic rings. The van der Waals surface area contributed by atoms with Gasteiger partial charge in [0, 0.05) is 22.4 Å². The van der Waals surface area contributed by atoms with E-state index in [0.717, 1.165) is 9.37 Å². The Morgan fingerprint density at radius 1 is 1.19 bits per heavy atom. The van der Waals surface area contributed by atoms with E-state index in [4.69, 9.17) is 9.47 Å². The lowest BCUT2D eigenvalue weighted by Gasteiger charge is -2.12. The maximum atomic E-state index is 12.8. The van der Waals surface area contributed by atoms with Crippen molar-refractivity contribution < 1.29 is 28.8 Å². The summed E-state index contributed by atoms with van der Waals surface area (Å²) in [5.74, 6) is -0.941. The maximum absolute atomic E-state index is 12.8. The summed E-state index contributed by atoms with van der Waals surface area (Å²) < 4.78 is 11.8. The molecule has 0 saturated carbocycles. The van der Waals surface area contributed by atoms with Gasteiger partial charge in [0.2, 0.25) is 5.91 Å². The van der Waals surface area contributed by atoms with Gasteiger partial charge in [0.1, 0.15) is 6.54 Å². The van der Waals surface area contributed by atoms with Gasteiger partial charge in [-0.25, -0.2) is 4.98 Å². The molecule has 0 bridgehead atoms. The van der Waals surface area contributed by atoms with Crippen molar-refractivity contribution in [3.8, 4) is 17.4 Å². The Morgan fingerprint density at radius 2 is 1.95 bits per heavy atom. The van der Waals surface area contributed by atoms with Crippen LogP contribution in [0, 0.1) is 10.1 Å². The van der Waals surface area contributed by atoms with E-state index in [1.165, 1.54) is 37.6 Å². The van der Waals surface area contributed by atoms with Crippen LogP contribution in [0.2, 0.25) is 0 Å². The van der Waals surface area contributed by atoms with Crippen molar-refractivity contribution in [2.45, 2.75) is 0 Å². The molecule has 1 fully saturated rings. The van der Waals surface area contributed by atoms with Crippen molar-refractivity contribution in [3.05, 3.63) is 85.8 Å². The highest BCUT2D eigenvalue weighted by Crippen LogP contribution is 2.37. The molecule has 11 nitrogen and oxygen atoms in total. The molecule has 0 unspecified atom stereocenters. The molecule has 13 heteroatoms. The molecule has 188 valence electrons. The minimum absolute atomic E-state index is 0.123. The number of carbonyl (C=O) groups excluding carboxylic acids is 3. The van der Waals surface area contributed by atoms with Crippen molar-refractivity contribution in [2.75, 3.05) is 19.0 Å². The fourth-order valence-corrected chi connectivity index (χ4v) is 4.33. The molecule has 0 spiro atoms. The van der Waals surface area contributed by atoms with Crippen molar-refractivity contribution in [3.63, 3.8) is 0 Å². The molecule has 4 rings (SSSR count). The third-order valence-corrected chi connectivity index (χ3v) is 6.38. The second-order valence-electron chi connectivity index (χ2n) is 7.42. The van der Waals surface area contributed by atoms with Crippen LogP contribution in [-0.2, 0) is 9.59 Å². The van der Waals surface area contributed by atoms with Crippen LogP contribution < -0.4 is 14.8 Å². The number of nitrogens with zero attached hydrogens (tertiary/aromatic N) is 3. The molecule has 1 aromatic heterocycles. The molecule has 1 N–H and O–H groups in total. The molecule has 0 aliphatic carbocycles. The second kappa shape index (κ2) is 11.2. The van der Waals surface area contributed by atoms with Crippen molar-refractivity contribution >= 4 is 62.2 Å². The SMILES string of the molecule is COc1cc(/C=C2\SC(=O)N(CC(=O)Nc3ccc(Br)cc3)C2=O)ccc1Oc1ncccc1[N+](=O)[O-]. The summed E-state index contributed by atoms with van der Waals surface area (Å²) in [7, 11) is 1.39. The lowest BCUT2D eigenvalue weighted by Crippen LogP contribution is -2.36. The molecule has 0 radical (unpaired) electrons. The highest BCUT2D eigenvalue weighted by molar-refractivity contribution is 9.10. The number of thioether (sulfide) groups is 1. The van der Waals surface area contributed by atoms with E-state index in [1.807, 2.05) is 0 Å². The number of amides is 3. The first-order chi connectivity index (χ1) is 17.7. The van der Waals surface area contributed by atoms with E-state index in [-0.39, 0.29) is 28.0 Å². The highest BCUT2D eigenvalue weighted by atomic mass is 79.9. The quantitative estimate of drug-likeness (QED) is 0.214. The number of halogens is 1. The van der Waals surface area contributed by atoms with E-state index < -0.39 is 28.5 Å². The van der Waals surface area contributed by atoms with Crippen molar-refractivity contribution in [1.82, 2.24) is 9.88 Å². The number of carbonyl (C=O) groups is 3. The lowest BCUT2D eigenvalue weighted by atomic mass is 10.2. The maximum Gasteiger partial charge on any atom is 0.331 e. The molecule has 3 amide bonds. The normalized spacial score (nSPS) is 14.1. The highest BCUT2D eigenvalue weighted by Gasteiger charge is 2.36. The average Bonchev–Trinajstić information content (AvgIpc) is 3.13. The Morgan fingerprint density at radius 3 is 2.65 bits per heavy atom. The van der Waals surface area contributed by atoms with Crippen molar-refractivity contribution in [2.24, 2.45) is 0 Å². The number of pyridine rings is 1. The molecule has 0 atom stereocenters. The van der Waals surface area contributed by atoms with Crippen LogP contribution in [0.15, 0.2) is 70.2 Å². The number of ether oxygens (including phenoxy) is 2. The molecule has 1 aliphatic rings. The third-order valence-electron chi connectivity index (χ3n) is 4.94. The van der Waals surface area contributed by atoms with Gasteiger partial charge in [0.25, 0.3) is 17.0 Å². The lowest BCUT2D eigenvalue weighted by molar-refractivity contribution is -0.386. The van der Waals surface area contributed by atoms with Crippen LogP contribution in [0.1, 0.15) is 5.56 Å². The molecule has 2 aromatic carbocycles. The smallest absolute Gasteiger partial charge is 0.331 e. The standard InChI is InChI=1S/C24H17BrN4O7S/c1-35-19-11-14(4-9-18(19)36-22-17(29(33)34)3-2-10-26-22)12-20-23(31)28(24(32)37-20)13-21(30)27-16-7-5-15(25)6-8-16/h2-12H,13H2,1H3,(H,27,30)/b20-12-. The minimum Gasteiger partial charge on any atom is -0.493 e. The van der Waals surface area contributed by atoms with Gasteiger partial charge in [-0.15, -0.1) is 0 Å². The fourth-order valence-electron chi connectivity index (χ4n) is 3.23. The fraction of sp³-hybridized carbons (Fsp3) is 0.0833. The van der Waals surface area contributed by atoms with E-state index in [1.54, 1.807) is 36.4 Å². The molecule has 1 aliphatic heterocycles. The van der Waals surface area contributed by atoms with Gasteiger partial charge in [0.05, 0.1) is 16.9 Å². The number of imide groups is 1.